The first-order valence-electron chi connectivity index (χ1n) is 4.93. The fourth-order valence-electron chi connectivity index (χ4n) is 1.17. The van der Waals surface area contributed by atoms with E-state index in [0.29, 0.717) is 11.3 Å². The Labute approximate surface area is 94.1 Å². The van der Waals surface area contributed by atoms with Gasteiger partial charge in [0.05, 0.1) is 0 Å². The Bertz CT molecular complexity index is 370. The fraction of sp³-hybridized carbons (Fsp3) is 0.455. The molecule has 0 saturated carbocycles. The molecule has 5 nitrogen and oxygen atoms in total. The molecule has 0 unspecified atom stereocenters. The van der Waals surface area contributed by atoms with E-state index in [2.05, 4.69) is 4.84 Å². The van der Waals surface area contributed by atoms with Crippen molar-refractivity contribution in [1.29, 1.82) is 0 Å². The SMILES string of the molecule is CC(C)(C)Oc1ccccc1CO[N+](=O)[O-]. The molecule has 0 bridgehead atoms. The van der Waals surface area contributed by atoms with E-state index < -0.39 is 5.09 Å². The molecule has 1 aromatic rings. The highest BCUT2D eigenvalue weighted by molar-refractivity contribution is 5.33. The molecule has 0 radical (unpaired) electrons. The average molecular weight is 225 g/mol. The van der Waals surface area contributed by atoms with Gasteiger partial charge in [0.2, 0.25) is 0 Å². The summed E-state index contributed by atoms with van der Waals surface area (Å²) in [5.41, 5.74) is 0.319. The normalized spacial score (nSPS) is 10.9. The van der Waals surface area contributed by atoms with Crippen LogP contribution in [0.2, 0.25) is 0 Å². The van der Waals surface area contributed by atoms with Gasteiger partial charge in [-0.25, -0.2) is 0 Å². The molecule has 0 amide bonds. The van der Waals surface area contributed by atoms with Crippen molar-refractivity contribution in [2.24, 2.45) is 0 Å². The molecule has 0 atom stereocenters. The lowest BCUT2D eigenvalue weighted by Gasteiger charge is -2.23. The summed E-state index contributed by atoms with van der Waals surface area (Å²) in [5, 5.41) is 9.30. The zero-order valence-corrected chi connectivity index (χ0v) is 9.60. The third-order valence-electron chi connectivity index (χ3n) is 1.71. The topological polar surface area (TPSA) is 61.6 Å². The van der Waals surface area contributed by atoms with Gasteiger partial charge in [0.1, 0.15) is 18.0 Å². The first-order chi connectivity index (χ1) is 7.38. The lowest BCUT2D eigenvalue weighted by atomic mass is 10.1. The minimum absolute atomic E-state index is 0.0980. The second-order valence-electron chi connectivity index (χ2n) is 4.32. The molecule has 0 aliphatic heterocycles. The van der Waals surface area contributed by atoms with Crippen molar-refractivity contribution < 1.29 is 14.7 Å². The summed E-state index contributed by atoms with van der Waals surface area (Å²) in [6, 6.07) is 7.11. The van der Waals surface area contributed by atoms with Crippen molar-refractivity contribution in [1.82, 2.24) is 0 Å². The second kappa shape index (κ2) is 4.83. The summed E-state index contributed by atoms with van der Waals surface area (Å²) in [7, 11) is 0. The second-order valence-corrected chi connectivity index (χ2v) is 4.32. The van der Waals surface area contributed by atoms with Crippen LogP contribution < -0.4 is 4.74 Å². The minimum Gasteiger partial charge on any atom is -0.488 e. The highest BCUT2D eigenvalue weighted by Crippen LogP contribution is 2.23. The number of nitrogens with zero attached hydrogens (tertiary/aromatic N) is 1. The summed E-state index contributed by atoms with van der Waals surface area (Å²) >= 11 is 0. The number of benzene rings is 1. The molecule has 0 fully saturated rings. The quantitative estimate of drug-likeness (QED) is 0.583. The first-order valence-corrected chi connectivity index (χ1v) is 4.93. The van der Waals surface area contributed by atoms with Gasteiger partial charge in [0.15, 0.2) is 0 Å². The Morgan fingerprint density at radius 1 is 1.31 bits per heavy atom. The number of hydrogen-bond acceptors (Lipinski definition) is 4. The molecule has 88 valence electrons. The van der Waals surface area contributed by atoms with Crippen LogP contribution in [-0.2, 0) is 11.4 Å². The van der Waals surface area contributed by atoms with E-state index in [1.165, 1.54) is 0 Å². The van der Waals surface area contributed by atoms with E-state index in [-0.39, 0.29) is 12.2 Å². The maximum Gasteiger partial charge on any atom is 0.294 e. The van der Waals surface area contributed by atoms with Crippen molar-refractivity contribution >= 4 is 0 Å². The predicted octanol–water partition coefficient (Wildman–Crippen LogP) is 2.57. The van der Waals surface area contributed by atoms with Gasteiger partial charge in [-0.3, -0.25) is 0 Å². The van der Waals surface area contributed by atoms with Crippen LogP contribution in [0.4, 0.5) is 0 Å². The van der Waals surface area contributed by atoms with Crippen LogP contribution in [0.25, 0.3) is 0 Å². The van der Waals surface area contributed by atoms with Crippen molar-refractivity contribution in [3.8, 4) is 5.75 Å². The Morgan fingerprint density at radius 2 is 1.94 bits per heavy atom. The number of ether oxygens (including phenoxy) is 1. The maximum atomic E-state index is 10.1. The summed E-state index contributed by atoms with van der Waals surface area (Å²) < 4.78 is 5.66. The zero-order valence-electron chi connectivity index (χ0n) is 9.60. The van der Waals surface area contributed by atoms with Crippen LogP contribution in [-0.4, -0.2) is 10.7 Å². The molecule has 0 aliphatic carbocycles. The van der Waals surface area contributed by atoms with Crippen molar-refractivity contribution in [2.75, 3.05) is 0 Å². The van der Waals surface area contributed by atoms with Gasteiger partial charge in [0.25, 0.3) is 5.09 Å². The molecule has 5 heteroatoms. The number of rotatable bonds is 4. The van der Waals surface area contributed by atoms with Gasteiger partial charge in [-0.05, 0) is 26.8 Å². The Balaban J connectivity index is 2.79. The Hall–Kier alpha value is -1.78. The van der Waals surface area contributed by atoms with Crippen LogP contribution in [0.15, 0.2) is 24.3 Å². The van der Waals surface area contributed by atoms with Gasteiger partial charge in [-0.15, -0.1) is 10.1 Å². The van der Waals surface area contributed by atoms with Crippen LogP contribution in [0.3, 0.4) is 0 Å². The van der Waals surface area contributed by atoms with Crippen LogP contribution in [0, 0.1) is 10.1 Å². The molecular weight excluding hydrogens is 210 g/mol. The smallest absolute Gasteiger partial charge is 0.294 e. The fourth-order valence-corrected chi connectivity index (χ4v) is 1.17. The van der Waals surface area contributed by atoms with E-state index in [1.807, 2.05) is 26.8 Å². The zero-order chi connectivity index (χ0) is 12.2. The van der Waals surface area contributed by atoms with Gasteiger partial charge in [0, 0.05) is 5.56 Å². The molecular formula is C11H15NO4. The molecule has 0 saturated heterocycles. The summed E-state index contributed by atoms with van der Waals surface area (Å²) in [5.74, 6) is 0.608. The van der Waals surface area contributed by atoms with Crippen molar-refractivity contribution in [3.63, 3.8) is 0 Å². The van der Waals surface area contributed by atoms with E-state index in [0.717, 1.165) is 0 Å². The average Bonchev–Trinajstić information content (AvgIpc) is 2.14. The van der Waals surface area contributed by atoms with E-state index in [9.17, 15) is 10.1 Å². The highest BCUT2D eigenvalue weighted by Gasteiger charge is 2.14. The molecule has 0 spiro atoms. The summed E-state index contributed by atoms with van der Waals surface area (Å²) in [4.78, 5) is 14.4. The molecule has 0 aliphatic rings. The molecule has 0 N–H and O–H groups in total. The van der Waals surface area contributed by atoms with Gasteiger partial charge in [-0.2, -0.15) is 0 Å². The van der Waals surface area contributed by atoms with Gasteiger partial charge < -0.3 is 9.57 Å². The number of para-hydroxylation sites is 1. The van der Waals surface area contributed by atoms with Gasteiger partial charge in [-0.1, -0.05) is 18.2 Å². The molecule has 16 heavy (non-hydrogen) atoms. The van der Waals surface area contributed by atoms with Crippen LogP contribution in [0.1, 0.15) is 26.3 Å². The largest absolute Gasteiger partial charge is 0.488 e. The standard InChI is InChI=1S/C11H15NO4/c1-11(2,3)16-10-7-5-4-6-9(10)8-15-12(13)14/h4-7H,8H2,1-3H3. The Morgan fingerprint density at radius 3 is 2.50 bits per heavy atom. The minimum atomic E-state index is -0.812. The predicted molar refractivity (Wildman–Crippen MR) is 58.6 cm³/mol. The summed E-state index contributed by atoms with van der Waals surface area (Å²) in [6.45, 7) is 5.65. The molecule has 1 aromatic carbocycles. The third kappa shape index (κ3) is 4.16. The third-order valence-corrected chi connectivity index (χ3v) is 1.71. The van der Waals surface area contributed by atoms with E-state index in [1.54, 1.807) is 18.2 Å². The molecule has 1 rings (SSSR count). The molecule has 0 aromatic heterocycles. The lowest BCUT2D eigenvalue weighted by Crippen LogP contribution is -2.23. The number of hydrogen-bond donors (Lipinski definition) is 0. The van der Waals surface area contributed by atoms with Crippen molar-refractivity contribution in [3.05, 3.63) is 39.9 Å². The van der Waals surface area contributed by atoms with Crippen molar-refractivity contribution in [2.45, 2.75) is 33.0 Å². The lowest BCUT2D eigenvalue weighted by molar-refractivity contribution is -0.763. The van der Waals surface area contributed by atoms with E-state index >= 15 is 0 Å². The Kier molecular flexibility index (Phi) is 3.71. The highest BCUT2D eigenvalue weighted by atomic mass is 16.9. The van der Waals surface area contributed by atoms with E-state index in [4.69, 9.17) is 4.74 Å². The summed E-state index contributed by atoms with van der Waals surface area (Å²) in [6.07, 6.45) is 0. The van der Waals surface area contributed by atoms with Crippen LogP contribution >= 0.6 is 0 Å². The molecule has 0 heterocycles. The van der Waals surface area contributed by atoms with Gasteiger partial charge >= 0.3 is 0 Å². The first kappa shape index (κ1) is 12.3. The van der Waals surface area contributed by atoms with Crippen LogP contribution in [0.5, 0.6) is 5.75 Å². The monoisotopic (exact) mass is 225 g/mol. The maximum absolute atomic E-state index is 10.1.